The number of nitrogens with one attached hydrogen (secondary N) is 3. The minimum atomic E-state index is -4.90. The number of nitrogens with zero attached hydrogens (tertiary/aromatic N) is 4. The maximum atomic E-state index is 15.0. The summed E-state index contributed by atoms with van der Waals surface area (Å²) in [6.07, 6.45) is -9.53. The molecule has 4 rings (SSSR count). The van der Waals surface area contributed by atoms with Crippen molar-refractivity contribution < 1.29 is 40.6 Å². The first-order valence-electron chi connectivity index (χ1n) is 11.2. The third-order valence-electron chi connectivity index (χ3n) is 5.54. The van der Waals surface area contributed by atoms with Gasteiger partial charge in [0.25, 0.3) is 6.43 Å². The van der Waals surface area contributed by atoms with Gasteiger partial charge in [-0.25, -0.2) is 27.5 Å². The molecule has 0 bridgehead atoms. The van der Waals surface area contributed by atoms with Gasteiger partial charge in [-0.2, -0.15) is 10.2 Å². The molecule has 1 saturated carbocycles. The van der Waals surface area contributed by atoms with Gasteiger partial charge in [-0.15, -0.1) is 13.2 Å². The van der Waals surface area contributed by atoms with E-state index in [-0.39, 0.29) is 35.3 Å². The number of fused-ring (bicyclic) bond motifs is 1. The fourth-order valence-electron chi connectivity index (χ4n) is 3.98. The number of amides is 1. The highest BCUT2D eigenvalue weighted by Crippen LogP contribution is 2.39. The van der Waals surface area contributed by atoms with Crippen molar-refractivity contribution in [1.29, 1.82) is 0 Å². The van der Waals surface area contributed by atoms with Crippen LogP contribution in [0, 0.1) is 0 Å². The Labute approximate surface area is 205 Å². The number of anilines is 2. The zero-order valence-corrected chi connectivity index (χ0v) is 19.5. The molecule has 3 N–H and O–H groups in total. The van der Waals surface area contributed by atoms with Crippen LogP contribution in [0.5, 0.6) is 0 Å². The highest BCUT2D eigenvalue weighted by molar-refractivity contribution is 5.72. The third kappa shape index (κ3) is 6.42. The SMILES string of the molecule is CC(C)NC(=O)O[C@H]1CC[C@@H](c2cc(Nc3nc(C(F)F)cn4nc(COC(F)(F)F)cc34)n[nH]2)[C@@H]1F. The molecule has 3 aromatic rings. The Morgan fingerprint density at radius 2 is 2.03 bits per heavy atom. The molecular formula is C21H23F6N7O3. The Hall–Kier alpha value is -3.56. The largest absolute Gasteiger partial charge is 0.522 e. The monoisotopic (exact) mass is 535 g/mol. The first-order valence-corrected chi connectivity index (χ1v) is 11.2. The van der Waals surface area contributed by atoms with E-state index in [2.05, 4.69) is 35.7 Å². The number of aromatic amines is 1. The van der Waals surface area contributed by atoms with Gasteiger partial charge in [-0.1, -0.05) is 0 Å². The average Bonchev–Trinajstić information content (AvgIpc) is 3.50. The first kappa shape index (κ1) is 26.5. The number of carbonyl (C=O) groups is 1. The van der Waals surface area contributed by atoms with Crippen LogP contribution in [0.4, 0.5) is 42.8 Å². The number of rotatable bonds is 8. The van der Waals surface area contributed by atoms with Crippen LogP contribution >= 0.6 is 0 Å². The van der Waals surface area contributed by atoms with Gasteiger partial charge in [0.2, 0.25) is 0 Å². The van der Waals surface area contributed by atoms with Gasteiger partial charge in [0.05, 0.1) is 11.9 Å². The summed E-state index contributed by atoms with van der Waals surface area (Å²) in [5, 5.41) is 15.8. The van der Waals surface area contributed by atoms with E-state index in [1.807, 2.05) is 0 Å². The van der Waals surface area contributed by atoms with Crippen molar-refractivity contribution in [3.63, 3.8) is 0 Å². The van der Waals surface area contributed by atoms with E-state index in [0.29, 0.717) is 12.1 Å². The molecule has 0 aromatic carbocycles. The number of alkyl carbamates (subject to hydrolysis) is 1. The summed E-state index contributed by atoms with van der Waals surface area (Å²) in [6.45, 7) is 2.55. The molecule has 3 aromatic heterocycles. The molecule has 1 aliphatic rings. The lowest BCUT2D eigenvalue weighted by Crippen LogP contribution is -2.36. The van der Waals surface area contributed by atoms with E-state index in [1.165, 1.54) is 12.1 Å². The molecule has 1 fully saturated rings. The van der Waals surface area contributed by atoms with Crippen LogP contribution in [0.15, 0.2) is 18.3 Å². The molecule has 16 heteroatoms. The van der Waals surface area contributed by atoms with Crippen LogP contribution in [0.3, 0.4) is 0 Å². The van der Waals surface area contributed by atoms with E-state index in [0.717, 1.165) is 10.7 Å². The molecule has 202 valence electrons. The maximum Gasteiger partial charge on any atom is 0.522 e. The van der Waals surface area contributed by atoms with Crippen LogP contribution in [-0.2, 0) is 16.1 Å². The lowest BCUT2D eigenvalue weighted by molar-refractivity contribution is -0.330. The molecule has 10 nitrogen and oxygen atoms in total. The minimum Gasteiger partial charge on any atom is -0.443 e. The second-order valence-corrected chi connectivity index (χ2v) is 8.72. The van der Waals surface area contributed by atoms with Crippen LogP contribution in [0.2, 0.25) is 0 Å². The predicted octanol–water partition coefficient (Wildman–Crippen LogP) is 4.89. The zero-order valence-electron chi connectivity index (χ0n) is 19.5. The van der Waals surface area contributed by atoms with Crippen LogP contribution < -0.4 is 10.6 Å². The highest BCUT2D eigenvalue weighted by Gasteiger charge is 2.41. The molecule has 0 unspecified atom stereocenters. The molecule has 3 atom stereocenters. The molecule has 1 amide bonds. The fraction of sp³-hybridized carbons (Fsp3) is 0.524. The number of halogens is 6. The second kappa shape index (κ2) is 10.4. The summed E-state index contributed by atoms with van der Waals surface area (Å²) in [7, 11) is 0. The normalized spacial score (nSPS) is 20.2. The average molecular weight is 535 g/mol. The van der Waals surface area contributed by atoms with Crippen LogP contribution in [-0.4, -0.2) is 55.6 Å². The summed E-state index contributed by atoms with van der Waals surface area (Å²) < 4.78 is 88.8. The number of alkyl halides is 6. The van der Waals surface area contributed by atoms with Gasteiger partial charge < -0.3 is 15.4 Å². The Morgan fingerprint density at radius 1 is 1.27 bits per heavy atom. The predicted molar refractivity (Wildman–Crippen MR) is 116 cm³/mol. The number of carbonyl (C=O) groups excluding carboxylic acids is 1. The van der Waals surface area contributed by atoms with Gasteiger partial charge in [-0.3, -0.25) is 9.84 Å². The summed E-state index contributed by atoms with van der Waals surface area (Å²) in [5.41, 5.74) is -0.394. The van der Waals surface area contributed by atoms with Crippen LogP contribution in [0.1, 0.15) is 56.1 Å². The van der Waals surface area contributed by atoms with Gasteiger partial charge in [0, 0.05) is 23.7 Å². The smallest absolute Gasteiger partial charge is 0.443 e. The van der Waals surface area contributed by atoms with Crippen molar-refractivity contribution in [2.45, 2.75) is 70.3 Å². The quantitative estimate of drug-likeness (QED) is 0.352. The molecule has 1 aliphatic carbocycles. The molecular weight excluding hydrogens is 512 g/mol. The molecule has 0 radical (unpaired) electrons. The Morgan fingerprint density at radius 3 is 2.70 bits per heavy atom. The highest BCUT2D eigenvalue weighted by atomic mass is 19.4. The van der Waals surface area contributed by atoms with E-state index in [4.69, 9.17) is 4.74 Å². The maximum absolute atomic E-state index is 15.0. The van der Waals surface area contributed by atoms with Gasteiger partial charge >= 0.3 is 12.5 Å². The van der Waals surface area contributed by atoms with Crippen molar-refractivity contribution in [3.05, 3.63) is 35.4 Å². The Kier molecular flexibility index (Phi) is 7.47. The molecule has 0 aliphatic heterocycles. The lowest BCUT2D eigenvalue weighted by Gasteiger charge is -2.18. The summed E-state index contributed by atoms with van der Waals surface area (Å²) >= 11 is 0. The van der Waals surface area contributed by atoms with Gasteiger partial charge in [0.1, 0.15) is 30.1 Å². The molecule has 0 spiro atoms. The topological polar surface area (TPSA) is 118 Å². The summed E-state index contributed by atoms with van der Waals surface area (Å²) in [6, 6.07) is 2.48. The van der Waals surface area contributed by atoms with E-state index >= 15 is 4.39 Å². The zero-order chi connectivity index (χ0) is 26.9. The summed E-state index contributed by atoms with van der Waals surface area (Å²) in [5.74, 6) is -0.725. The molecule has 37 heavy (non-hydrogen) atoms. The number of hydrogen-bond acceptors (Lipinski definition) is 7. The van der Waals surface area contributed by atoms with Crippen molar-refractivity contribution in [2.24, 2.45) is 0 Å². The second-order valence-electron chi connectivity index (χ2n) is 8.72. The fourth-order valence-corrected chi connectivity index (χ4v) is 3.98. The minimum absolute atomic E-state index is 0.0867. The number of hydrogen-bond donors (Lipinski definition) is 3. The third-order valence-corrected chi connectivity index (χ3v) is 5.54. The molecule has 0 saturated heterocycles. The van der Waals surface area contributed by atoms with Crippen molar-refractivity contribution in [2.75, 3.05) is 5.32 Å². The number of H-pyrrole nitrogens is 1. The van der Waals surface area contributed by atoms with E-state index in [1.54, 1.807) is 13.8 Å². The van der Waals surface area contributed by atoms with Crippen molar-refractivity contribution in [3.8, 4) is 0 Å². The van der Waals surface area contributed by atoms with Gasteiger partial charge in [-0.05, 0) is 32.8 Å². The number of aromatic nitrogens is 5. The molecule has 3 heterocycles. The van der Waals surface area contributed by atoms with Gasteiger partial charge in [0.15, 0.2) is 11.6 Å². The van der Waals surface area contributed by atoms with E-state index in [9.17, 15) is 26.7 Å². The Bertz CT molecular complexity index is 1250. The van der Waals surface area contributed by atoms with Crippen molar-refractivity contribution >= 4 is 23.2 Å². The standard InChI is InChI=1S/C21H23F6N7O3/c1-9(2)28-20(35)37-15-4-3-11(17(15)22)12-6-16(32-31-12)30-19-14-5-10(8-36-21(25,26)27)33-34(14)7-13(29-19)18(23)24/h5-7,9,11,15,17-18H,3-4,8H2,1-2H3,(H,28,35)(H2,29,30,31,32)/t11-,15-,17-/m0/s1. The first-order chi connectivity index (χ1) is 17.4. The lowest BCUT2D eigenvalue weighted by atomic mass is 10.0. The summed E-state index contributed by atoms with van der Waals surface area (Å²) in [4.78, 5) is 15.6. The van der Waals surface area contributed by atoms with E-state index < -0.39 is 49.4 Å². The Balaban J connectivity index is 1.51. The van der Waals surface area contributed by atoms with Crippen LogP contribution in [0.25, 0.3) is 5.52 Å². The van der Waals surface area contributed by atoms with Crippen molar-refractivity contribution in [1.82, 2.24) is 30.1 Å². The number of ether oxygens (including phenoxy) is 2.